The van der Waals surface area contributed by atoms with E-state index in [0.717, 1.165) is 31.4 Å². The van der Waals surface area contributed by atoms with E-state index in [4.69, 9.17) is 4.74 Å². The molecule has 0 unspecified atom stereocenters. The largest absolute Gasteiger partial charge is 0.449 e. The number of aryl methyl sites for hydroxylation is 1. The van der Waals surface area contributed by atoms with Gasteiger partial charge in [0.05, 0.1) is 23.6 Å². The van der Waals surface area contributed by atoms with E-state index in [1.807, 2.05) is 26.0 Å². The first-order chi connectivity index (χ1) is 13.6. The molecular formula is C20H26N4O4. The fourth-order valence-corrected chi connectivity index (χ4v) is 2.71. The second kappa shape index (κ2) is 10.9. The Kier molecular flexibility index (Phi) is 8.20. The smallest absolute Gasteiger partial charge is 0.411 e. The van der Waals surface area contributed by atoms with Gasteiger partial charge in [0.25, 0.3) is 5.56 Å². The zero-order valence-electron chi connectivity index (χ0n) is 16.2. The van der Waals surface area contributed by atoms with Gasteiger partial charge in [-0.1, -0.05) is 32.8 Å². The first kappa shape index (κ1) is 21.1. The summed E-state index contributed by atoms with van der Waals surface area (Å²) in [5.41, 5.74) is 2.07. The topological polar surface area (TPSA) is 113 Å². The van der Waals surface area contributed by atoms with Crippen molar-refractivity contribution in [3.63, 3.8) is 0 Å². The number of pyridine rings is 2. The number of H-pyrrole nitrogens is 1. The van der Waals surface area contributed by atoms with Crippen LogP contribution in [0.25, 0.3) is 11.3 Å². The Balaban J connectivity index is 2.45. The van der Waals surface area contributed by atoms with Gasteiger partial charge in [-0.05, 0) is 30.5 Å². The van der Waals surface area contributed by atoms with Crippen LogP contribution in [-0.2, 0) is 22.5 Å². The number of rotatable bonds is 10. The number of anilines is 1. The zero-order valence-corrected chi connectivity index (χ0v) is 16.2. The van der Waals surface area contributed by atoms with Gasteiger partial charge >= 0.3 is 6.09 Å². The molecule has 2 rings (SSSR count). The lowest BCUT2D eigenvalue weighted by molar-refractivity contribution is -0.109. The van der Waals surface area contributed by atoms with E-state index in [9.17, 15) is 14.4 Å². The molecule has 0 saturated heterocycles. The lowest BCUT2D eigenvalue weighted by Gasteiger charge is -2.14. The van der Waals surface area contributed by atoms with Gasteiger partial charge in [-0.2, -0.15) is 0 Å². The summed E-state index contributed by atoms with van der Waals surface area (Å²) >= 11 is 0. The summed E-state index contributed by atoms with van der Waals surface area (Å²) in [5.74, 6) is 0. The van der Waals surface area contributed by atoms with Crippen molar-refractivity contribution in [2.45, 2.75) is 46.1 Å². The minimum absolute atomic E-state index is 0.215. The highest BCUT2D eigenvalue weighted by atomic mass is 16.5. The number of amides is 2. The standard InChI is InChI=1S/C20H26N4O4/c1-3-5-11-28-20(27)24-16-9-10-22-19(26)17(16)18-14(12-21-13-25)7-8-15(23-18)6-4-2/h7-10,13H,3-6,11-12H2,1-2H3,(H,21,25)(H2,22,24,26,27). The number of hydrogen-bond acceptors (Lipinski definition) is 5. The minimum Gasteiger partial charge on any atom is -0.449 e. The Morgan fingerprint density at radius 2 is 2.07 bits per heavy atom. The molecule has 0 radical (unpaired) electrons. The lowest BCUT2D eigenvalue weighted by atomic mass is 10.0. The van der Waals surface area contributed by atoms with E-state index in [1.165, 1.54) is 6.20 Å². The van der Waals surface area contributed by atoms with Crippen molar-refractivity contribution in [3.8, 4) is 11.3 Å². The summed E-state index contributed by atoms with van der Waals surface area (Å²) in [7, 11) is 0. The highest BCUT2D eigenvalue weighted by Gasteiger charge is 2.18. The number of hydrogen-bond donors (Lipinski definition) is 3. The molecule has 0 aliphatic rings. The van der Waals surface area contributed by atoms with Gasteiger partial charge in [0, 0.05) is 18.4 Å². The third kappa shape index (κ3) is 5.67. The summed E-state index contributed by atoms with van der Waals surface area (Å²) in [6, 6.07) is 5.29. The van der Waals surface area contributed by atoms with Crippen LogP contribution in [0.5, 0.6) is 0 Å². The molecule has 8 heteroatoms. The molecule has 150 valence electrons. The quantitative estimate of drug-likeness (QED) is 0.429. The predicted octanol–water partition coefficient (Wildman–Crippen LogP) is 2.98. The number of nitrogens with one attached hydrogen (secondary N) is 3. The van der Waals surface area contributed by atoms with Gasteiger partial charge in [-0.3, -0.25) is 19.9 Å². The van der Waals surface area contributed by atoms with E-state index in [-0.39, 0.29) is 17.7 Å². The summed E-state index contributed by atoms with van der Waals surface area (Å²) in [6.07, 6.45) is 4.73. The number of unbranched alkanes of at least 4 members (excludes halogenated alkanes) is 1. The fourth-order valence-electron chi connectivity index (χ4n) is 2.71. The molecule has 28 heavy (non-hydrogen) atoms. The Bertz CT molecular complexity index is 864. The maximum Gasteiger partial charge on any atom is 0.411 e. The van der Waals surface area contributed by atoms with E-state index in [2.05, 4.69) is 20.6 Å². The molecule has 2 aromatic heterocycles. The van der Waals surface area contributed by atoms with Crippen LogP contribution >= 0.6 is 0 Å². The van der Waals surface area contributed by atoms with Crippen LogP contribution in [0.1, 0.15) is 44.4 Å². The molecule has 0 aromatic carbocycles. The van der Waals surface area contributed by atoms with Gasteiger partial charge in [-0.25, -0.2) is 4.79 Å². The molecule has 2 amide bonds. The second-order valence-electron chi connectivity index (χ2n) is 6.27. The van der Waals surface area contributed by atoms with Gasteiger partial charge < -0.3 is 15.0 Å². The Hall–Kier alpha value is -3.16. The number of carbonyl (C=O) groups is 2. The Labute approximate surface area is 163 Å². The van der Waals surface area contributed by atoms with Crippen LogP contribution < -0.4 is 16.2 Å². The summed E-state index contributed by atoms with van der Waals surface area (Å²) in [6.45, 7) is 4.56. The number of carbonyl (C=O) groups excluding carboxylic acids is 2. The average molecular weight is 386 g/mol. The molecule has 3 N–H and O–H groups in total. The monoisotopic (exact) mass is 386 g/mol. The first-order valence-corrected chi connectivity index (χ1v) is 9.42. The summed E-state index contributed by atoms with van der Waals surface area (Å²) in [4.78, 5) is 42.7. The van der Waals surface area contributed by atoms with Gasteiger partial charge in [0.1, 0.15) is 0 Å². The van der Waals surface area contributed by atoms with Crippen LogP contribution in [0.4, 0.5) is 10.5 Å². The zero-order chi connectivity index (χ0) is 20.4. The predicted molar refractivity (Wildman–Crippen MR) is 107 cm³/mol. The molecule has 0 bridgehead atoms. The van der Waals surface area contributed by atoms with Crippen LogP contribution in [0.15, 0.2) is 29.2 Å². The Morgan fingerprint density at radius 3 is 2.79 bits per heavy atom. The van der Waals surface area contributed by atoms with Gasteiger partial charge in [0.15, 0.2) is 0 Å². The van der Waals surface area contributed by atoms with Crippen molar-refractivity contribution >= 4 is 18.2 Å². The molecule has 0 aliphatic heterocycles. The molecule has 2 aromatic rings. The van der Waals surface area contributed by atoms with Crippen LogP contribution in [0, 0.1) is 0 Å². The average Bonchev–Trinajstić information content (AvgIpc) is 2.68. The van der Waals surface area contributed by atoms with Gasteiger partial charge in [-0.15, -0.1) is 0 Å². The maximum absolute atomic E-state index is 12.6. The molecule has 8 nitrogen and oxygen atoms in total. The van der Waals surface area contributed by atoms with Crippen molar-refractivity contribution in [3.05, 3.63) is 46.0 Å². The van der Waals surface area contributed by atoms with Crippen LogP contribution in [-0.4, -0.2) is 29.1 Å². The number of ether oxygens (including phenoxy) is 1. The minimum atomic E-state index is -0.627. The van der Waals surface area contributed by atoms with Crippen LogP contribution in [0.2, 0.25) is 0 Å². The first-order valence-electron chi connectivity index (χ1n) is 9.42. The number of aromatic amines is 1. The van der Waals surface area contributed by atoms with E-state index in [0.29, 0.717) is 30.0 Å². The third-order valence-electron chi connectivity index (χ3n) is 4.08. The molecular weight excluding hydrogens is 360 g/mol. The summed E-state index contributed by atoms with van der Waals surface area (Å²) in [5, 5.41) is 5.23. The fraction of sp³-hybridized carbons (Fsp3) is 0.400. The normalized spacial score (nSPS) is 10.4. The van der Waals surface area contributed by atoms with Crippen LogP contribution in [0.3, 0.4) is 0 Å². The summed E-state index contributed by atoms with van der Waals surface area (Å²) < 4.78 is 5.13. The Morgan fingerprint density at radius 1 is 1.25 bits per heavy atom. The van der Waals surface area contributed by atoms with Crippen molar-refractivity contribution in [1.82, 2.24) is 15.3 Å². The highest BCUT2D eigenvalue weighted by Crippen LogP contribution is 2.26. The molecule has 0 aliphatic carbocycles. The van der Waals surface area contributed by atoms with E-state index >= 15 is 0 Å². The van der Waals surface area contributed by atoms with E-state index in [1.54, 1.807) is 6.07 Å². The second-order valence-corrected chi connectivity index (χ2v) is 6.27. The van der Waals surface area contributed by atoms with Crippen molar-refractivity contribution in [2.24, 2.45) is 0 Å². The van der Waals surface area contributed by atoms with Gasteiger partial charge in [0.2, 0.25) is 6.41 Å². The molecule has 0 spiro atoms. The maximum atomic E-state index is 12.6. The van der Waals surface area contributed by atoms with Crippen molar-refractivity contribution < 1.29 is 14.3 Å². The van der Waals surface area contributed by atoms with Crippen molar-refractivity contribution in [1.29, 1.82) is 0 Å². The highest BCUT2D eigenvalue weighted by molar-refractivity contribution is 5.91. The number of aromatic nitrogens is 2. The third-order valence-corrected chi connectivity index (χ3v) is 4.08. The van der Waals surface area contributed by atoms with E-state index < -0.39 is 6.09 Å². The molecule has 0 atom stereocenters. The SMILES string of the molecule is CCCCOC(=O)Nc1cc[nH]c(=O)c1-c1nc(CCC)ccc1CNC=O. The molecule has 0 saturated carbocycles. The molecule has 0 fully saturated rings. The number of nitrogens with zero attached hydrogens (tertiary/aromatic N) is 1. The van der Waals surface area contributed by atoms with Crippen molar-refractivity contribution in [2.75, 3.05) is 11.9 Å². The molecule has 2 heterocycles. The lowest BCUT2D eigenvalue weighted by Crippen LogP contribution is -2.20.